The Balaban J connectivity index is 1.94. The molecule has 1 heterocycles. The lowest BCUT2D eigenvalue weighted by Gasteiger charge is -2.24. The zero-order valence-corrected chi connectivity index (χ0v) is 10.0. The van der Waals surface area contributed by atoms with E-state index in [-0.39, 0.29) is 0 Å². The predicted octanol–water partition coefficient (Wildman–Crippen LogP) is 2.77. The Kier molecular flexibility index (Phi) is 4.23. The number of piperidine rings is 1. The van der Waals surface area contributed by atoms with Crippen LogP contribution in [0.5, 0.6) is 5.75 Å². The van der Waals surface area contributed by atoms with Crippen LogP contribution in [0, 0.1) is 0 Å². The highest BCUT2D eigenvalue weighted by molar-refractivity contribution is 5.28. The molecule has 1 aliphatic heterocycles. The van der Waals surface area contributed by atoms with Crippen LogP contribution < -0.4 is 10.1 Å². The molecule has 16 heavy (non-hydrogen) atoms. The SMILES string of the molecule is CCCc1cccc(OC2CCNCC2)c1. The van der Waals surface area contributed by atoms with E-state index in [0.717, 1.165) is 38.1 Å². The Hall–Kier alpha value is -1.02. The van der Waals surface area contributed by atoms with E-state index >= 15 is 0 Å². The molecule has 2 heteroatoms. The molecule has 88 valence electrons. The summed E-state index contributed by atoms with van der Waals surface area (Å²) in [5.74, 6) is 1.04. The number of ether oxygens (including phenoxy) is 1. The minimum Gasteiger partial charge on any atom is -0.490 e. The largest absolute Gasteiger partial charge is 0.490 e. The molecule has 0 aromatic heterocycles. The monoisotopic (exact) mass is 219 g/mol. The summed E-state index contributed by atoms with van der Waals surface area (Å²) in [5, 5.41) is 3.35. The van der Waals surface area contributed by atoms with E-state index in [1.807, 2.05) is 0 Å². The van der Waals surface area contributed by atoms with Crippen LogP contribution in [0.15, 0.2) is 24.3 Å². The van der Waals surface area contributed by atoms with Gasteiger partial charge in [-0.1, -0.05) is 25.5 Å². The maximum Gasteiger partial charge on any atom is 0.119 e. The third-order valence-electron chi connectivity index (χ3n) is 3.03. The normalized spacial score (nSPS) is 17.3. The van der Waals surface area contributed by atoms with Crippen LogP contribution in [0.25, 0.3) is 0 Å². The van der Waals surface area contributed by atoms with Gasteiger partial charge >= 0.3 is 0 Å². The van der Waals surface area contributed by atoms with Gasteiger partial charge in [-0.2, -0.15) is 0 Å². The van der Waals surface area contributed by atoms with Crippen LogP contribution in [0.2, 0.25) is 0 Å². The van der Waals surface area contributed by atoms with E-state index in [9.17, 15) is 0 Å². The van der Waals surface area contributed by atoms with Crippen molar-refractivity contribution in [1.82, 2.24) is 5.32 Å². The zero-order valence-electron chi connectivity index (χ0n) is 10.0. The molecule has 2 rings (SSSR count). The summed E-state index contributed by atoms with van der Waals surface area (Å²) >= 11 is 0. The van der Waals surface area contributed by atoms with E-state index in [0.29, 0.717) is 6.10 Å². The molecule has 2 nitrogen and oxygen atoms in total. The zero-order chi connectivity index (χ0) is 11.2. The summed E-state index contributed by atoms with van der Waals surface area (Å²) < 4.78 is 6.00. The van der Waals surface area contributed by atoms with E-state index < -0.39 is 0 Å². The maximum atomic E-state index is 6.00. The van der Waals surface area contributed by atoms with Gasteiger partial charge < -0.3 is 10.1 Å². The van der Waals surface area contributed by atoms with Gasteiger partial charge in [0.05, 0.1) is 0 Å². The summed E-state index contributed by atoms with van der Waals surface area (Å²) in [5.41, 5.74) is 1.38. The average Bonchev–Trinajstić information content (AvgIpc) is 2.31. The first-order chi connectivity index (χ1) is 7.88. The third kappa shape index (κ3) is 3.24. The molecule has 0 aliphatic carbocycles. The van der Waals surface area contributed by atoms with Crippen LogP contribution in [0.1, 0.15) is 31.7 Å². The average molecular weight is 219 g/mol. The Morgan fingerprint density at radius 2 is 2.12 bits per heavy atom. The molecular formula is C14H21NO. The highest BCUT2D eigenvalue weighted by atomic mass is 16.5. The van der Waals surface area contributed by atoms with E-state index in [1.165, 1.54) is 12.0 Å². The number of hydrogen-bond acceptors (Lipinski definition) is 2. The molecule has 1 saturated heterocycles. The first kappa shape index (κ1) is 11.5. The van der Waals surface area contributed by atoms with Crippen molar-refractivity contribution in [3.63, 3.8) is 0 Å². The van der Waals surface area contributed by atoms with Crippen LogP contribution in [0.3, 0.4) is 0 Å². The van der Waals surface area contributed by atoms with Gasteiger partial charge in [0, 0.05) is 0 Å². The highest BCUT2D eigenvalue weighted by Gasteiger charge is 2.14. The summed E-state index contributed by atoms with van der Waals surface area (Å²) in [7, 11) is 0. The fourth-order valence-corrected chi connectivity index (χ4v) is 2.17. The minimum atomic E-state index is 0.401. The second-order valence-corrected chi connectivity index (χ2v) is 4.46. The first-order valence-corrected chi connectivity index (χ1v) is 6.35. The molecule has 1 aliphatic rings. The van der Waals surface area contributed by atoms with Gasteiger partial charge in [0.15, 0.2) is 0 Å². The van der Waals surface area contributed by atoms with E-state index in [2.05, 4.69) is 36.5 Å². The van der Waals surface area contributed by atoms with Crippen molar-refractivity contribution >= 4 is 0 Å². The number of rotatable bonds is 4. The molecule has 0 amide bonds. The standard InChI is InChI=1S/C14H21NO/c1-2-4-12-5-3-6-14(11-12)16-13-7-9-15-10-8-13/h3,5-6,11,13,15H,2,4,7-10H2,1H3. The second kappa shape index (κ2) is 5.90. The fraction of sp³-hybridized carbons (Fsp3) is 0.571. The molecule has 0 spiro atoms. The summed E-state index contributed by atoms with van der Waals surface area (Å²) in [6, 6.07) is 8.53. The fourth-order valence-electron chi connectivity index (χ4n) is 2.17. The number of aryl methyl sites for hydroxylation is 1. The molecule has 0 bridgehead atoms. The van der Waals surface area contributed by atoms with Gasteiger partial charge in [0.1, 0.15) is 11.9 Å². The molecular weight excluding hydrogens is 198 g/mol. The van der Waals surface area contributed by atoms with Crippen molar-refractivity contribution in [1.29, 1.82) is 0 Å². The molecule has 1 aromatic carbocycles. The number of nitrogens with one attached hydrogen (secondary N) is 1. The van der Waals surface area contributed by atoms with Gasteiger partial charge in [-0.3, -0.25) is 0 Å². The minimum absolute atomic E-state index is 0.401. The van der Waals surface area contributed by atoms with E-state index in [1.54, 1.807) is 0 Å². The first-order valence-electron chi connectivity index (χ1n) is 6.35. The van der Waals surface area contributed by atoms with Crippen molar-refractivity contribution in [2.75, 3.05) is 13.1 Å². The summed E-state index contributed by atoms with van der Waals surface area (Å²) in [6.07, 6.45) is 4.98. The quantitative estimate of drug-likeness (QED) is 0.840. The summed E-state index contributed by atoms with van der Waals surface area (Å²) in [6.45, 7) is 4.37. The van der Waals surface area contributed by atoms with Crippen LogP contribution >= 0.6 is 0 Å². The van der Waals surface area contributed by atoms with Crippen LogP contribution in [0.4, 0.5) is 0 Å². The van der Waals surface area contributed by atoms with Gasteiger partial charge in [-0.25, -0.2) is 0 Å². The van der Waals surface area contributed by atoms with Gasteiger partial charge in [0.2, 0.25) is 0 Å². The van der Waals surface area contributed by atoms with Crippen molar-refractivity contribution in [2.24, 2.45) is 0 Å². The van der Waals surface area contributed by atoms with Crippen molar-refractivity contribution in [3.8, 4) is 5.75 Å². The number of hydrogen-bond donors (Lipinski definition) is 1. The van der Waals surface area contributed by atoms with Gasteiger partial charge in [-0.05, 0) is 50.0 Å². The molecule has 0 unspecified atom stereocenters. The Morgan fingerprint density at radius 1 is 1.31 bits per heavy atom. The molecule has 1 aromatic rings. The van der Waals surface area contributed by atoms with Crippen molar-refractivity contribution in [3.05, 3.63) is 29.8 Å². The lowest BCUT2D eigenvalue weighted by molar-refractivity contribution is 0.162. The van der Waals surface area contributed by atoms with Crippen LogP contribution in [-0.2, 0) is 6.42 Å². The Bertz CT molecular complexity index is 318. The maximum absolute atomic E-state index is 6.00. The van der Waals surface area contributed by atoms with Crippen molar-refractivity contribution < 1.29 is 4.74 Å². The smallest absolute Gasteiger partial charge is 0.119 e. The highest BCUT2D eigenvalue weighted by Crippen LogP contribution is 2.18. The molecule has 0 atom stereocenters. The second-order valence-electron chi connectivity index (χ2n) is 4.46. The Labute approximate surface area is 98.0 Å². The molecule has 0 radical (unpaired) electrons. The van der Waals surface area contributed by atoms with Gasteiger partial charge in [-0.15, -0.1) is 0 Å². The van der Waals surface area contributed by atoms with Crippen molar-refractivity contribution in [2.45, 2.75) is 38.7 Å². The molecule has 0 saturated carbocycles. The topological polar surface area (TPSA) is 21.3 Å². The lowest BCUT2D eigenvalue weighted by atomic mass is 10.1. The Morgan fingerprint density at radius 3 is 2.88 bits per heavy atom. The van der Waals surface area contributed by atoms with Crippen LogP contribution in [-0.4, -0.2) is 19.2 Å². The number of benzene rings is 1. The predicted molar refractivity (Wildman–Crippen MR) is 67.0 cm³/mol. The summed E-state index contributed by atoms with van der Waals surface area (Å²) in [4.78, 5) is 0. The molecule has 1 fully saturated rings. The van der Waals surface area contributed by atoms with Gasteiger partial charge in [0.25, 0.3) is 0 Å². The third-order valence-corrected chi connectivity index (χ3v) is 3.03. The van der Waals surface area contributed by atoms with E-state index in [4.69, 9.17) is 4.74 Å². The molecule has 1 N–H and O–H groups in total. The lowest BCUT2D eigenvalue weighted by Crippen LogP contribution is -2.34.